The topological polar surface area (TPSA) is 6.48 Å². The van der Waals surface area contributed by atoms with E-state index in [0.717, 1.165) is 43.9 Å². The number of anilines is 1. The fraction of sp³-hybridized carbons (Fsp3) is 0.600. The first-order valence-electron chi connectivity index (χ1n) is 6.89. The van der Waals surface area contributed by atoms with E-state index in [2.05, 4.69) is 30.6 Å². The molecule has 1 aromatic rings. The van der Waals surface area contributed by atoms with E-state index in [4.69, 9.17) is 0 Å². The fourth-order valence-corrected chi connectivity index (χ4v) is 2.51. The van der Waals surface area contributed by atoms with Crippen LogP contribution in [0.4, 0.5) is 10.1 Å². The van der Waals surface area contributed by atoms with Crippen LogP contribution in [0, 0.1) is 5.82 Å². The molecule has 0 saturated carbocycles. The molecule has 0 aliphatic carbocycles. The molecule has 0 bridgehead atoms. The Balaban J connectivity index is 2.05. The van der Waals surface area contributed by atoms with Gasteiger partial charge in [0.2, 0.25) is 0 Å². The Morgan fingerprint density at radius 1 is 1.17 bits per heavy atom. The maximum Gasteiger partial charge on any atom is 0.146 e. The van der Waals surface area contributed by atoms with Crippen molar-refractivity contribution in [3.8, 4) is 0 Å². The molecule has 0 N–H and O–H groups in total. The summed E-state index contributed by atoms with van der Waals surface area (Å²) in [5, 5.41) is 0. The van der Waals surface area contributed by atoms with Crippen molar-refractivity contribution in [1.82, 2.24) is 4.90 Å². The highest BCUT2D eigenvalue weighted by atomic mass is 19.1. The first-order valence-corrected chi connectivity index (χ1v) is 6.89. The molecule has 2 rings (SSSR count). The van der Waals surface area contributed by atoms with Gasteiger partial charge in [-0.25, -0.2) is 4.39 Å². The van der Waals surface area contributed by atoms with E-state index < -0.39 is 0 Å². The molecular weight excluding hydrogens is 227 g/mol. The van der Waals surface area contributed by atoms with Crippen LogP contribution in [0.5, 0.6) is 0 Å². The van der Waals surface area contributed by atoms with Crippen molar-refractivity contribution in [2.24, 2.45) is 0 Å². The zero-order chi connectivity index (χ0) is 13.1. The molecule has 100 valence electrons. The zero-order valence-electron chi connectivity index (χ0n) is 11.6. The van der Waals surface area contributed by atoms with Crippen molar-refractivity contribution in [3.63, 3.8) is 0 Å². The van der Waals surface area contributed by atoms with E-state index in [0.29, 0.717) is 6.04 Å². The summed E-state index contributed by atoms with van der Waals surface area (Å²) in [6.45, 7) is 10.4. The lowest BCUT2D eigenvalue weighted by Crippen LogP contribution is -2.49. The molecule has 1 saturated heterocycles. The van der Waals surface area contributed by atoms with Crippen LogP contribution in [-0.4, -0.2) is 37.1 Å². The number of benzene rings is 1. The number of piperazine rings is 1. The molecule has 0 atom stereocenters. The van der Waals surface area contributed by atoms with Gasteiger partial charge in [0.05, 0.1) is 5.69 Å². The summed E-state index contributed by atoms with van der Waals surface area (Å²) in [5.41, 5.74) is 1.83. The molecule has 1 heterocycles. The second-order valence-electron chi connectivity index (χ2n) is 5.26. The van der Waals surface area contributed by atoms with Crippen molar-refractivity contribution >= 4 is 5.69 Å². The van der Waals surface area contributed by atoms with Crippen LogP contribution in [0.25, 0.3) is 0 Å². The maximum absolute atomic E-state index is 14.0. The van der Waals surface area contributed by atoms with Crippen LogP contribution < -0.4 is 4.90 Å². The van der Waals surface area contributed by atoms with Gasteiger partial charge in [-0.15, -0.1) is 0 Å². The number of nitrogens with zero attached hydrogens (tertiary/aromatic N) is 2. The summed E-state index contributed by atoms with van der Waals surface area (Å²) in [7, 11) is 0. The minimum absolute atomic E-state index is 0.0765. The van der Waals surface area contributed by atoms with E-state index in [-0.39, 0.29) is 5.82 Å². The third-order valence-electron chi connectivity index (χ3n) is 3.81. The molecule has 1 aliphatic rings. The summed E-state index contributed by atoms with van der Waals surface area (Å²) in [5.74, 6) is -0.0765. The Hall–Kier alpha value is -1.09. The minimum Gasteiger partial charge on any atom is -0.367 e. The molecule has 0 amide bonds. The van der Waals surface area contributed by atoms with Gasteiger partial charge in [0, 0.05) is 32.2 Å². The molecule has 1 aliphatic heterocycles. The summed E-state index contributed by atoms with van der Waals surface area (Å²) >= 11 is 0. The second-order valence-corrected chi connectivity index (χ2v) is 5.26. The largest absolute Gasteiger partial charge is 0.367 e. The SMILES string of the molecule is CCc1ccc(N2CCN(C(C)C)CC2)c(F)c1. The lowest BCUT2D eigenvalue weighted by Gasteiger charge is -2.38. The predicted molar refractivity (Wildman–Crippen MR) is 74.7 cm³/mol. The molecule has 18 heavy (non-hydrogen) atoms. The van der Waals surface area contributed by atoms with Gasteiger partial charge in [0.15, 0.2) is 0 Å². The Labute approximate surface area is 109 Å². The van der Waals surface area contributed by atoms with Gasteiger partial charge < -0.3 is 4.90 Å². The summed E-state index contributed by atoms with van der Waals surface area (Å²) in [6, 6.07) is 6.22. The average Bonchev–Trinajstić information content (AvgIpc) is 2.38. The van der Waals surface area contributed by atoms with E-state index in [1.54, 1.807) is 6.07 Å². The van der Waals surface area contributed by atoms with E-state index in [9.17, 15) is 4.39 Å². The molecule has 2 nitrogen and oxygen atoms in total. The molecule has 0 spiro atoms. The smallest absolute Gasteiger partial charge is 0.146 e. The van der Waals surface area contributed by atoms with Crippen LogP contribution in [0.3, 0.4) is 0 Å². The Bertz CT molecular complexity index is 395. The highest BCUT2D eigenvalue weighted by molar-refractivity contribution is 5.49. The van der Waals surface area contributed by atoms with Crippen molar-refractivity contribution in [3.05, 3.63) is 29.6 Å². The molecule has 3 heteroatoms. The Morgan fingerprint density at radius 3 is 2.33 bits per heavy atom. The number of rotatable bonds is 3. The van der Waals surface area contributed by atoms with E-state index >= 15 is 0 Å². The van der Waals surface area contributed by atoms with Gasteiger partial charge in [-0.2, -0.15) is 0 Å². The van der Waals surface area contributed by atoms with Crippen LogP contribution in [0.15, 0.2) is 18.2 Å². The van der Waals surface area contributed by atoms with Gasteiger partial charge in [-0.1, -0.05) is 13.0 Å². The van der Waals surface area contributed by atoms with Crippen molar-refractivity contribution < 1.29 is 4.39 Å². The first-order chi connectivity index (χ1) is 8.61. The number of aryl methyl sites for hydroxylation is 1. The van der Waals surface area contributed by atoms with Gasteiger partial charge in [0.1, 0.15) is 5.82 Å². The van der Waals surface area contributed by atoms with Crippen LogP contribution in [0.2, 0.25) is 0 Å². The third kappa shape index (κ3) is 2.83. The Morgan fingerprint density at radius 2 is 1.83 bits per heavy atom. The average molecular weight is 250 g/mol. The van der Waals surface area contributed by atoms with Gasteiger partial charge in [0.25, 0.3) is 0 Å². The second kappa shape index (κ2) is 5.70. The molecule has 0 aromatic heterocycles. The third-order valence-corrected chi connectivity index (χ3v) is 3.81. The summed E-state index contributed by atoms with van der Waals surface area (Å²) < 4.78 is 14.0. The number of hydrogen-bond acceptors (Lipinski definition) is 2. The lowest BCUT2D eigenvalue weighted by molar-refractivity contribution is 0.209. The number of halogens is 1. The predicted octanol–water partition coefficient (Wildman–Crippen LogP) is 2.92. The van der Waals surface area contributed by atoms with Crippen LogP contribution in [-0.2, 0) is 6.42 Å². The summed E-state index contributed by atoms with van der Waals surface area (Å²) in [6.07, 6.45) is 0.887. The molecule has 0 unspecified atom stereocenters. The standard InChI is InChI=1S/C15H23FN2/c1-4-13-5-6-15(14(16)11-13)18-9-7-17(8-10-18)12(2)3/h5-6,11-12H,4,7-10H2,1-3H3. The molecular formula is C15H23FN2. The van der Waals surface area contributed by atoms with Crippen molar-refractivity contribution in [1.29, 1.82) is 0 Å². The molecule has 0 radical (unpaired) electrons. The highest BCUT2D eigenvalue weighted by Gasteiger charge is 2.20. The zero-order valence-corrected chi connectivity index (χ0v) is 11.6. The Kier molecular flexibility index (Phi) is 4.23. The summed E-state index contributed by atoms with van der Waals surface area (Å²) in [4.78, 5) is 4.60. The quantitative estimate of drug-likeness (QED) is 0.814. The monoisotopic (exact) mass is 250 g/mol. The number of hydrogen-bond donors (Lipinski definition) is 0. The lowest BCUT2D eigenvalue weighted by atomic mass is 10.1. The van der Waals surface area contributed by atoms with Gasteiger partial charge in [-0.3, -0.25) is 4.90 Å². The van der Waals surface area contributed by atoms with Gasteiger partial charge >= 0.3 is 0 Å². The first kappa shape index (κ1) is 13.3. The maximum atomic E-state index is 14.0. The van der Waals surface area contributed by atoms with Crippen molar-refractivity contribution in [2.75, 3.05) is 31.1 Å². The molecule has 1 aromatic carbocycles. The van der Waals surface area contributed by atoms with Crippen molar-refractivity contribution in [2.45, 2.75) is 33.2 Å². The highest BCUT2D eigenvalue weighted by Crippen LogP contribution is 2.22. The van der Waals surface area contributed by atoms with Crippen LogP contribution in [0.1, 0.15) is 26.3 Å². The minimum atomic E-state index is -0.0765. The normalized spacial score (nSPS) is 17.5. The van der Waals surface area contributed by atoms with E-state index in [1.807, 2.05) is 12.1 Å². The van der Waals surface area contributed by atoms with E-state index in [1.165, 1.54) is 0 Å². The fourth-order valence-electron chi connectivity index (χ4n) is 2.51. The van der Waals surface area contributed by atoms with Gasteiger partial charge in [-0.05, 0) is 38.0 Å². The van der Waals surface area contributed by atoms with Crippen LogP contribution >= 0.6 is 0 Å². The molecule has 1 fully saturated rings.